The molecule has 1 aromatic carbocycles. The first kappa shape index (κ1) is 14.9. The van der Waals surface area contributed by atoms with Crippen LogP contribution >= 0.6 is 23.1 Å². The third-order valence-corrected chi connectivity index (χ3v) is 4.76. The van der Waals surface area contributed by atoms with Crippen LogP contribution in [0.25, 0.3) is 0 Å². The number of nitrogens with two attached hydrogens (primary N) is 1. The summed E-state index contributed by atoms with van der Waals surface area (Å²) in [6, 6.07) is 10.3. The Morgan fingerprint density at radius 3 is 2.75 bits per heavy atom. The highest BCUT2D eigenvalue weighted by Crippen LogP contribution is 2.31. The zero-order valence-electron chi connectivity index (χ0n) is 11.7. The molecule has 3 N–H and O–H groups in total. The predicted molar refractivity (Wildman–Crippen MR) is 90.3 cm³/mol. The molecule has 0 aliphatic carbocycles. The summed E-state index contributed by atoms with van der Waals surface area (Å²) in [4.78, 5) is 4.54. The van der Waals surface area contributed by atoms with E-state index in [9.17, 15) is 0 Å². The van der Waals surface area contributed by atoms with E-state index in [2.05, 4.69) is 29.3 Å². The average Bonchev–Trinajstić information content (AvgIpc) is 2.91. The van der Waals surface area contributed by atoms with Crippen molar-refractivity contribution < 1.29 is 0 Å². The topological polar surface area (TPSA) is 53.1 Å². The van der Waals surface area contributed by atoms with Crippen LogP contribution in [-0.2, 0) is 6.54 Å². The molecule has 0 saturated carbocycles. The van der Waals surface area contributed by atoms with Crippen molar-refractivity contribution in [1.82, 2.24) is 0 Å². The largest absolute Gasteiger partial charge is 0.384 e. The highest BCUT2D eigenvalue weighted by Gasteiger charge is 2.14. The van der Waals surface area contributed by atoms with Gasteiger partial charge in [0.25, 0.3) is 0 Å². The second-order valence-corrected chi connectivity index (χ2v) is 6.77. The second-order valence-electron chi connectivity index (χ2n) is 4.43. The van der Waals surface area contributed by atoms with E-state index in [0.717, 1.165) is 28.4 Å². The lowest BCUT2D eigenvalue weighted by atomic mass is 10.1. The monoisotopic (exact) mass is 305 g/mol. The van der Waals surface area contributed by atoms with Gasteiger partial charge in [0.2, 0.25) is 0 Å². The average molecular weight is 305 g/mol. The van der Waals surface area contributed by atoms with Crippen LogP contribution in [-0.4, -0.2) is 18.6 Å². The molecule has 1 aromatic heterocycles. The fraction of sp³-hybridized carbons (Fsp3) is 0.267. The van der Waals surface area contributed by atoms with Crippen LogP contribution in [0.2, 0.25) is 0 Å². The van der Waals surface area contributed by atoms with E-state index >= 15 is 0 Å². The van der Waals surface area contributed by atoms with Crippen LogP contribution in [0.5, 0.6) is 0 Å². The number of thiophene rings is 1. The van der Waals surface area contributed by atoms with Crippen LogP contribution in [0.4, 0.5) is 5.69 Å². The van der Waals surface area contributed by atoms with Crippen molar-refractivity contribution in [3.63, 3.8) is 0 Å². The highest BCUT2D eigenvalue weighted by atomic mass is 32.2. The summed E-state index contributed by atoms with van der Waals surface area (Å²) in [5, 5.41) is 9.96. The van der Waals surface area contributed by atoms with E-state index in [-0.39, 0.29) is 5.84 Å². The van der Waals surface area contributed by atoms with Gasteiger partial charge in [-0.2, -0.15) is 0 Å². The Bertz CT molecular complexity index is 579. The Hall–Kier alpha value is -1.46. The van der Waals surface area contributed by atoms with Gasteiger partial charge in [0.05, 0.1) is 12.1 Å². The van der Waals surface area contributed by atoms with E-state index < -0.39 is 0 Å². The lowest BCUT2D eigenvalue weighted by Crippen LogP contribution is -2.22. The summed E-state index contributed by atoms with van der Waals surface area (Å²) < 4.78 is 0. The summed E-state index contributed by atoms with van der Waals surface area (Å²) >= 11 is 3.47. The minimum Gasteiger partial charge on any atom is -0.384 e. The molecule has 0 radical (unpaired) electrons. The number of amidine groups is 1. The molecule has 106 valence electrons. The number of thioether (sulfide) groups is 1. The van der Waals surface area contributed by atoms with Crippen molar-refractivity contribution in [2.24, 2.45) is 5.73 Å². The highest BCUT2D eigenvalue weighted by molar-refractivity contribution is 7.99. The van der Waals surface area contributed by atoms with Crippen molar-refractivity contribution in [3.8, 4) is 0 Å². The number of nitrogens with zero attached hydrogens (tertiary/aromatic N) is 1. The molecular formula is C15H19N3S2. The van der Waals surface area contributed by atoms with Gasteiger partial charge < -0.3 is 10.6 Å². The molecule has 0 aliphatic rings. The van der Waals surface area contributed by atoms with Crippen LogP contribution in [0.15, 0.2) is 40.6 Å². The molecule has 0 bridgehead atoms. The maximum atomic E-state index is 7.88. The first-order valence-electron chi connectivity index (χ1n) is 6.47. The van der Waals surface area contributed by atoms with Gasteiger partial charge in [-0.25, -0.2) is 0 Å². The fourth-order valence-electron chi connectivity index (χ4n) is 2.11. The smallest absolute Gasteiger partial charge is 0.126 e. The van der Waals surface area contributed by atoms with E-state index in [1.165, 1.54) is 4.88 Å². The van der Waals surface area contributed by atoms with Gasteiger partial charge in [0.15, 0.2) is 0 Å². The number of hydrogen-bond acceptors (Lipinski definition) is 4. The first-order valence-corrected chi connectivity index (χ1v) is 8.33. The van der Waals surface area contributed by atoms with Crippen LogP contribution in [0, 0.1) is 5.41 Å². The molecule has 0 fully saturated rings. The molecule has 0 unspecified atom stereocenters. The Morgan fingerprint density at radius 1 is 1.35 bits per heavy atom. The normalized spacial score (nSPS) is 10.5. The van der Waals surface area contributed by atoms with E-state index in [4.69, 9.17) is 11.1 Å². The molecule has 0 saturated heterocycles. The van der Waals surface area contributed by atoms with Crippen molar-refractivity contribution in [2.45, 2.75) is 18.4 Å². The Kier molecular flexibility index (Phi) is 5.09. The Balaban J connectivity index is 2.34. The Morgan fingerprint density at radius 2 is 2.15 bits per heavy atom. The number of hydrogen-bond donors (Lipinski definition) is 2. The molecular weight excluding hydrogens is 286 g/mol. The van der Waals surface area contributed by atoms with E-state index in [0.29, 0.717) is 0 Å². The first-order chi connectivity index (χ1) is 9.63. The maximum absolute atomic E-state index is 7.88. The lowest BCUT2D eigenvalue weighted by molar-refractivity contribution is 0.934. The van der Waals surface area contributed by atoms with E-state index in [1.54, 1.807) is 23.1 Å². The van der Waals surface area contributed by atoms with E-state index in [1.807, 2.05) is 25.2 Å². The molecule has 1 heterocycles. The standard InChI is InChI=1S/C15H19N3S2/c1-3-19-13-8-4-7-12(14(13)15(16)17)18(2)10-11-6-5-9-20-11/h4-9H,3,10H2,1-2H3,(H3,16,17). The summed E-state index contributed by atoms with van der Waals surface area (Å²) in [6.45, 7) is 2.94. The lowest BCUT2D eigenvalue weighted by Gasteiger charge is -2.23. The molecule has 0 spiro atoms. The fourth-order valence-corrected chi connectivity index (χ4v) is 3.71. The number of nitrogens with one attached hydrogen (secondary N) is 1. The molecule has 0 amide bonds. The van der Waals surface area contributed by atoms with Gasteiger partial charge in [-0.05, 0) is 29.3 Å². The van der Waals surface area contributed by atoms with Crippen molar-refractivity contribution >= 4 is 34.6 Å². The van der Waals surface area contributed by atoms with Crippen molar-refractivity contribution in [1.29, 1.82) is 5.41 Å². The van der Waals surface area contributed by atoms with Crippen molar-refractivity contribution in [2.75, 3.05) is 17.7 Å². The molecule has 2 rings (SSSR count). The number of rotatable bonds is 6. The van der Waals surface area contributed by atoms with Gasteiger partial charge in [-0.1, -0.05) is 19.1 Å². The third kappa shape index (κ3) is 3.35. The van der Waals surface area contributed by atoms with Crippen LogP contribution in [0.1, 0.15) is 17.4 Å². The van der Waals surface area contributed by atoms with Crippen LogP contribution < -0.4 is 10.6 Å². The Labute approximate surface area is 128 Å². The third-order valence-electron chi connectivity index (χ3n) is 2.96. The second kappa shape index (κ2) is 6.81. The molecule has 2 aromatic rings. The number of nitrogen functional groups attached to an aromatic ring is 1. The van der Waals surface area contributed by atoms with Gasteiger partial charge in [-0.3, -0.25) is 5.41 Å². The number of benzene rings is 1. The maximum Gasteiger partial charge on any atom is 0.126 e. The number of anilines is 1. The zero-order chi connectivity index (χ0) is 14.5. The molecule has 20 heavy (non-hydrogen) atoms. The minimum absolute atomic E-state index is 0.134. The van der Waals surface area contributed by atoms with Gasteiger partial charge in [0.1, 0.15) is 5.84 Å². The molecule has 0 atom stereocenters. The SMILES string of the molecule is CCSc1cccc(N(C)Cc2cccs2)c1C(=N)N. The zero-order valence-corrected chi connectivity index (χ0v) is 13.4. The van der Waals surface area contributed by atoms with Crippen LogP contribution in [0.3, 0.4) is 0 Å². The van der Waals surface area contributed by atoms with Crippen molar-refractivity contribution in [3.05, 3.63) is 46.2 Å². The predicted octanol–water partition coefficient (Wildman–Crippen LogP) is 3.78. The van der Waals surface area contributed by atoms with Gasteiger partial charge >= 0.3 is 0 Å². The summed E-state index contributed by atoms with van der Waals surface area (Å²) in [5.41, 5.74) is 7.67. The summed E-state index contributed by atoms with van der Waals surface area (Å²) in [7, 11) is 2.04. The summed E-state index contributed by atoms with van der Waals surface area (Å²) in [6.07, 6.45) is 0. The summed E-state index contributed by atoms with van der Waals surface area (Å²) in [5.74, 6) is 1.10. The van der Waals surface area contributed by atoms with Gasteiger partial charge in [-0.15, -0.1) is 23.1 Å². The molecule has 0 aliphatic heterocycles. The molecule has 5 heteroatoms. The molecule has 3 nitrogen and oxygen atoms in total. The van der Waals surface area contributed by atoms with Gasteiger partial charge in [0, 0.05) is 22.5 Å². The minimum atomic E-state index is 0.134. The quantitative estimate of drug-likeness (QED) is 0.485.